The lowest BCUT2D eigenvalue weighted by molar-refractivity contribution is 0.339. The molecule has 0 saturated carbocycles. The molecular formula is C46H45B4N5O. The molecule has 10 heteroatoms. The van der Waals surface area contributed by atoms with Gasteiger partial charge in [0.15, 0.2) is 11.6 Å². The van der Waals surface area contributed by atoms with Crippen molar-refractivity contribution in [3.63, 3.8) is 0 Å². The largest absolute Gasteiger partial charge is 0.393 e. The molecule has 3 atom stereocenters. The minimum atomic E-state index is -0.113. The third-order valence-electron chi connectivity index (χ3n) is 12.3. The molecular weight excluding hydrogens is 682 g/mol. The van der Waals surface area contributed by atoms with Gasteiger partial charge in [0.2, 0.25) is 5.95 Å². The average Bonchev–Trinajstić information content (AvgIpc) is 3.77. The highest BCUT2D eigenvalue weighted by Crippen LogP contribution is 2.53. The molecule has 0 spiro atoms. The topological polar surface area (TPSA) is 67.1 Å². The highest BCUT2D eigenvalue weighted by atomic mass is 16.3. The van der Waals surface area contributed by atoms with E-state index >= 15 is 0 Å². The van der Waals surface area contributed by atoms with Gasteiger partial charge in [-0.1, -0.05) is 114 Å². The quantitative estimate of drug-likeness (QED) is 0.190. The van der Waals surface area contributed by atoms with Crippen molar-refractivity contribution in [2.75, 3.05) is 11.5 Å². The summed E-state index contributed by atoms with van der Waals surface area (Å²) in [4.78, 5) is 18.6. The van der Waals surface area contributed by atoms with Crippen LogP contribution < -0.4 is 4.90 Å². The average molecular weight is 727 g/mol. The maximum Gasteiger partial charge on any atom is 0.238 e. The lowest BCUT2D eigenvalue weighted by Gasteiger charge is -2.36. The molecule has 1 aliphatic heterocycles. The number of fused-ring (bicyclic) bond motifs is 7. The molecule has 0 radical (unpaired) electrons. The Labute approximate surface area is 333 Å². The monoisotopic (exact) mass is 727 g/mol. The lowest BCUT2D eigenvalue weighted by atomic mass is 9.67. The molecule has 0 saturated heterocycles. The summed E-state index contributed by atoms with van der Waals surface area (Å²) in [6, 6.07) is 17.7. The Bertz CT molecular complexity index is 2600. The number of aliphatic hydroxyl groups is 1. The van der Waals surface area contributed by atoms with E-state index in [1.54, 1.807) is 0 Å². The molecule has 0 bridgehead atoms. The second kappa shape index (κ2) is 14.8. The Morgan fingerprint density at radius 3 is 2.45 bits per heavy atom. The van der Waals surface area contributed by atoms with Gasteiger partial charge < -0.3 is 10.0 Å². The normalized spacial score (nSPS) is 21.8. The van der Waals surface area contributed by atoms with Crippen LogP contribution in [0.5, 0.6) is 0 Å². The molecule has 272 valence electrons. The molecule has 9 rings (SSSR count). The summed E-state index contributed by atoms with van der Waals surface area (Å²) in [5.41, 5.74) is 14.5. The molecule has 5 aliphatic rings. The summed E-state index contributed by atoms with van der Waals surface area (Å²) < 4.78 is 2.31. The molecule has 4 aromatic rings. The van der Waals surface area contributed by atoms with Crippen LogP contribution >= 0.6 is 0 Å². The maximum atomic E-state index is 10.6. The second-order valence-corrected chi connectivity index (χ2v) is 15.7. The predicted octanol–water partition coefficient (Wildman–Crippen LogP) is 5.59. The summed E-state index contributed by atoms with van der Waals surface area (Å²) >= 11 is 0. The van der Waals surface area contributed by atoms with Crippen molar-refractivity contribution in [2.24, 2.45) is 5.92 Å². The summed E-state index contributed by atoms with van der Waals surface area (Å²) in [6.45, 7) is 4.13. The van der Waals surface area contributed by atoms with Gasteiger partial charge in [-0.2, -0.15) is 9.97 Å². The first-order chi connectivity index (χ1) is 27.4. The summed E-state index contributed by atoms with van der Waals surface area (Å²) in [6.07, 6.45) is 30.0. The zero-order valence-corrected chi connectivity index (χ0v) is 32.8. The summed E-state index contributed by atoms with van der Waals surface area (Å²) in [7, 11) is 8.13. The fourth-order valence-corrected chi connectivity index (χ4v) is 9.30. The van der Waals surface area contributed by atoms with E-state index in [1.807, 2.05) is 15.7 Å². The van der Waals surface area contributed by atoms with E-state index in [4.69, 9.17) is 15.0 Å². The smallest absolute Gasteiger partial charge is 0.238 e. The first-order valence-corrected chi connectivity index (χ1v) is 20.1. The number of benzene rings is 2. The van der Waals surface area contributed by atoms with Gasteiger partial charge in [0.1, 0.15) is 31.4 Å². The first kappa shape index (κ1) is 36.1. The first-order valence-electron chi connectivity index (χ1n) is 20.1. The van der Waals surface area contributed by atoms with Crippen molar-refractivity contribution in [1.82, 2.24) is 19.5 Å². The zero-order valence-electron chi connectivity index (χ0n) is 32.8. The molecule has 1 N–H and O–H groups in total. The van der Waals surface area contributed by atoms with Crippen LogP contribution in [0.4, 0.5) is 5.69 Å². The van der Waals surface area contributed by atoms with Crippen LogP contribution in [0.2, 0.25) is 0 Å². The highest BCUT2D eigenvalue weighted by Gasteiger charge is 2.45. The van der Waals surface area contributed by atoms with E-state index < -0.39 is 0 Å². The van der Waals surface area contributed by atoms with Gasteiger partial charge in [-0.05, 0) is 55.4 Å². The zero-order chi connectivity index (χ0) is 38.5. The number of aliphatic hydroxyl groups excluding tert-OH is 1. The van der Waals surface area contributed by atoms with Gasteiger partial charge in [-0.15, -0.1) is 17.5 Å². The number of hydrogen-bond donors (Lipinski definition) is 1. The number of para-hydroxylation sites is 2. The predicted molar refractivity (Wildman–Crippen MR) is 243 cm³/mol. The molecule has 4 aliphatic carbocycles. The molecule has 2 aromatic carbocycles. The van der Waals surface area contributed by atoms with Gasteiger partial charge in [-0.25, -0.2) is 4.98 Å². The van der Waals surface area contributed by atoms with E-state index in [0.717, 1.165) is 70.7 Å². The van der Waals surface area contributed by atoms with Crippen LogP contribution in [-0.4, -0.2) is 68.7 Å². The molecule has 0 amide bonds. The number of aromatic nitrogens is 4. The fourth-order valence-electron chi connectivity index (χ4n) is 9.30. The number of allylic oxidation sites excluding steroid dienone is 16. The Hall–Kier alpha value is -5.59. The fraction of sp³-hybridized carbons (Fsp3) is 0.196. The summed E-state index contributed by atoms with van der Waals surface area (Å²) in [5.74, 6) is 2.14. The van der Waals surface area contributed by atoms with Gasteiger partial charge in [0.25, 0.3) is 0 Å². The molecule has 56 heavy (non-hydrogen) atoms. The van der Waals surface area contributed by atoms with Crippen molar-refractivity contribution >= 4 is 65.2 Å². The van der Waals surface area contributed by atoms with Crippen LogP contribution in [-0.2, 0) is 0 Å². The standard InChI is InChI=1S/C46H45B4N5O/c1-27(47)41(49)42(50)40(34(48)26-56)45-51-44(29-16-6-3-7-17-29)52-46(53-45)55-36-22-12-9-19-31(36)32-24-25-38-39(43(32)55)33-20-10-13-23-37(33)54(38)35-21-11-8-18-30(35)28-14-4-2-5-15-28/h2,4-6,8-10,12-14,16-20,22-25,28,38-39,56H,1,3,7,11,15,21,26,47-50H2/b40-34-,42-41-. The number of rotatable bonds is 8. The van der Waals surface area contributed by atoms with Gasteiger partial charge in [0, 0.05) is 45.1 Å². The van der Waals surface area contributed by atoms with Crippen LogP contribution in [0.25, 0.3) is 34.1 Å². The van der Waals surface area contributed by atoms with Crippen LogP contribution in [0.3, 0.4) is 0 Å². The molecule has 0 fully saturated rings. The third kappa shape index (κ3) is 6.02. The van der Waals surface area contributed by atoms with Gasteiger partial charge >= 0.3 is 0 Å². The van der Waals surface area contributed by atoms with E-state index in [1.165, 1.54) is 39.2 Å². The Kier molecular flexibility index (Phi) is 9.54. The Balaban J connectivity index is 1.30. The van der Waals surface area contributed by atoms with E-state index in [9.17, 15) is 5.11 Å². The van der Waals surface area contributed by atoms with Crippen molar-refractivity contribution < 1.29 is 5.11 Å². The van der Waals surface area contributed by atoms with Crippen molar-refractivity contribution in [2.45, 2.75) is 44.1 Å². The van der Waals surface area contributed by atoms with Crippen LogP contribution in [0.1, 0.15) is 66.5 Å². The van der Waals surface area contributed by atoms with E-state index in [0.29, 0.717) is 23.5 Å². The second-order valence-electron chi connectivity index (χ2n) is 15.7. The molecule has 6 nitrogen and oxygen atoms in total. The number of nitrogens with zero attached hydrogens (tertiary/aromatic N) is 5. The van der Waals surface area contributed by atoms with Crippen molar-refractivity contribution in [1.29, 1.82) is 0 Å². The summed E-state index contributed by atoms with van der Waals surface area (Å²) in [5, 5.41) is 11.8. The van der Waals surface area contributed by atoms with Gasteiger partial charge in [0.05, 0.1) is 24.1 Å². The van der Waals surface area contributed by atoms with E-state index in [-0.39, 0.29) is 18.6 Å². The third-order valence-corrected chi connectivity index (χ3v) is 12.3. The van der Waals surface area contributed by atoms with Gasteiger partial charge in [-0.3, -0.25) is 4.57 Å². The van der Waals surface area contributed by atoms with Crippen molar-refractivity contribution in [3.05, 3.63) is 177 Å². The van der Waals surface area contributed by atoms with Crippen molar-refractivity contribution in [3.8, 4) is 5.95 Å². The molecule has 3 unspecified atom stereocenters. The SMILES string of the molecule is BC(=C)/C(B)=C(B)\C(=C(\B)CO)c1nc(C2=CCCC=C2)nc(-n2c3c(c4ccccc42)C=CC2C3c3ccccc3N2C2=C(C3C=CC=CC3)C=CCC2)n1. The Morgan fingerprint density at radius 2 is 1.66 bits per heavy atom. The van der Waals surface area contributed by atoms with E-state index in [2.05, 4.69) is 147 Å². The maximum absolute atomic E-state index is 10.6. The number of hydrogen-bond acceptors (Lipinski definition) is 5. The number of anilines is 1. The minimum Gasteiger partial charge on any atom is -0.393 e. The highest BCUT2D eigenvalue weighted by molar-refractivity contribution is 6.45. The Morgan fingerprint density at radius 1 is 0.839 bits per heavy atom. The van der Waals surface area contributed by atoms with Crippen LogP contribution in [0.15, 0.2) is 149 Å². The molecule has 2 aromatic heterocycles. The molecule has 3 heterocycles. The minimum absolute atomic E-state index is 0.0268. The van der Waals surface area contributed by atoms with Crippen LogP contribution in [0, 0.1) is 5.92 Å². The lowest BCUT2D eigenvalue weighted by Crippen LogP contribution is -2.36.